The van der Waals surface area contributed by atoms with Crippen LogP contribution in [0.1, 0.15) is 11.1 Å². The number of rotatable bonds is 4. The van der Waals surface area contributed by atoms with E-state index in [0.29, 0.717) is 11.5 Å². The highest BCUT2D eigenvalue weighted by molar-refractivity contribution is 9.10. The molecule has 0 aliphatic rings. The summed E-state index contributed by atoms with van der Waals surface area (Å²) >= 11 is 3.29. The van der Waals surface area contributed by atoms with Crippen molar-refractivity contribution in [3.05, 3.63) is 58.1 Å². The molecule has 0 saturated carbocycles. The predicted octanol–water partition coefficient (Wildman–Crippen LogP) is 5.06. The molecule has 6 heteroatoms. The van der Waals surface area contributed by atoms with E-state index in [1.54, 1.807) is 24.3 Å². The first-order chi connectivity index (χ1) is 9.91. The maximum absolute atomic E-state index is 12.9. The molecule has 0 atom stereocenters. The van der Waals surface area contributed by atoms with E-state index in [-0.39, 0.29) is 12.2 Å². The molecule has 0 radical (unpaired) electrons. The summed E-state index contributed by atoms with van der Waals surface area (Å²) in [6.45, 7) is -0.187. The average Bonchev–Trinajstić information content (AvgIpc) is 2.45. The first-order valence-corrected chi connectivity index (χ1v) is 6.82. The maximum Gasteiger partial charge on any atom is 0.416 e. The Balaban J connectivity index is 2.21. The van der Waals surface area contributed by atoms with Crippen LogP contribution in [-0.4, -0.2) is 7.11 Å². The Labute approximate surface area is 128 Å². The summed E-state index contributed by atoms with van der Waals surface area (Å²) in [5.41, 5.74) is -0.615. The Morgan fingerprint density at radius 2 is 1.76 bits per heavy atom. The number of methoxy groups -OCH3 is 1. The summed E-state index contributed by atoms with van der Waals surface area (Å²) in [6.07, 6.45) is -4.40. The van der Waals surface area contributed by atoms with Crippen LogP contribution in [0.5, 0.6) is 11.5 Å². The number of hydrogen-bond donors (Lipinski definition) is 0. The Kier molecular flexibility index (Phi) is 4.77. The zero-order valence-electron chi connectivity index (χ0n) is 11.1. The summed E-state index contributed by atoms with van der Waals surface area (Å²) < 4.78 is 50.0. The lowest BCUT2D eigenvalue weighted by Crippen LogP contribution is -2.10. The maximum atomic E-state index is 12.9. The minimum Gasteiger partial charge on any atom is -0.493 e. The van der Waals surface area contributed by atoms with Crippen LogP contribution in [0.2, 0.25) is 0 Å². The van der Waals surface area contributed by atoms with Gasteiger partial charge in [0, 0.05) is 10.0 Å². The number of hydrogen-bond acceptors (Lipinski definition) is 2. The Morgan fingerprint density at radius 3 is 2.43 bits per heavy atom. The van der Waals surface area contributed by atoms with Gasteiger partial charge in [-0.05, 0) is 24.3 Å². The van der Waals surface area contributed by atoms with Crippen LogP contribution in [-0.2, 0) is 12.8 Å². The van der Waals surface area contributed by atoms with Gasteiger partial charge in [-0.1, -0.05) is 34.1 Å². The Hall–Kier alpha value is -1.69. The summed E-state index contributed by atoms with van der Waals surface area (Å²) in [5.74, 6) is 0.839. The molecule has 0 amide bonds. The van der Waals surface area contributed by atoms with E-state index in [2.05, 4.69) is 15.9 Å². The first-order valence-electron chi connectivity index (χ1n) is 6.03. The largest absolute Gasteiger partial charge is 0.493 e. The number of ether oxygens (including phenoxy) is 2. The molecule has 2 aromatic carbocycles. The zero-order valence-corrected chi connectivity index (χ0v) is 12.7. The molecule has 0 unspecified atom stereocenters. The van der Waals surface area contributed by atoms with Crippen LogP contribution in [0.25, 0.3) is 0 Å². The van der Waals surface area contributed by atoms with Crippen LogP contribution in [0.15, 0.2) is 46.9 Å². The van der Waals surface area contributed by atoms with Crippen molar-refractivity contribution >= 4 is 15.9 Å². The fraction of sp³-hybridized carbons (Fsp3) is 0.200. The molecule has 0 N–H and O–H groups in total. The molecule has 0 aliphatic heterocycles. The van der Waals surface area contributed by atoms with Gasteiger partial charge >= 0.3 is 6.18 Å². The van der Waals surface area contributed by atoms with Crippen molar-refractivity contribution in [2.24, 2.45) is 0 Å². The molecule has 2 rings (SSSR count). The van der Waals surface area contributed by atoms with Gasteiger partial charge in [-0.15, -0.1) is 0 Å². The smallest absolute Gasteiger partial charge is 0.416 e. The quantitative estimate of drug-likeness (QED) is 0.758. The summed E-state index contributed by atoms with van der Waals surface area (Å²) in [5, 5.41) is 0. The molecule has 21 heavy (non-hydrogen) atoms. The standard InChI is InChI=1S/C15H12BrF3O2/c1-20-14-8-11(16)6-7-13(14)21-9-10-4-2-3-5-12(10)15(17,18)19/h2-8H,9H2,1H3. The van der Waals surface area contributed by atoms with Crippen LogP contribution in [0, 0.1) is 0 Å². The highest BCUT2D eigenvalue weighted by Gasteiger charge is 2.33. The lowest BCUT2D eigenvalue weighted by atomic mass is 10.1. The van der Waals surface area contributed by atoms with E-state index >= 15 is 0 Å². The highest BCUT2D eigenvalue weighted by atomic mass is 79.9. The third-order valence-corrected chi connectivity index (χ3v) is 3.32. The SMILES string of the molecule is COc1cc(Br)ccc1OCc1ccccc1C(F)(F)F. The van der Waals surface area contributed by atoms with Gasteiger partial charge in [-0.25, -0.2) is 0 Å². The van der Waals surface area contributed by atoms with Gasteiger partial charge in [0.2, 0.25) is 0 Å². The van der Waals surface area contributed by atoms with Crippen molar-refractivity contribution in [2.75, 3.05) is 7.11 Å². The molecule has 0 aliphatic carbocycles. The van der Waals surface area contributed by atoms with Gasteiger partial charge in [-0.3, -0.25) is 0 Å². The van der Waals surface area contributed by atoms with Crippen LogP contribution < -0.4 is 9.47 Å². The molecule has 0 fully saturated rings. The van der Waals surface area contributed by atoms with Gasteiger partial charge in [0.05, 0.1) is 12.7 Å². The van der Waals surface area contributed by atoms with Crippen molar-refractivity contribution in [2.45, 2.75) is 12.8 Å². The zero-order chi connectivity index (χ0) is 15.5. The predicted molar refractivity (Wildman–Crippen MR) is 76.5 cm³/mol. The fourth-order valence-electron chi connectivity index (χ4n) is 1.84. The number of halogens is 4. The monoisotopic (exact) mass is 360 g/mol. The number of benzene rings is 2. The van der Waals surface area contributed by atoms with E-state index in [9.17, 15) is 13.2 Å². The van der Waals surface area contributed by atoms with Gasteiger partial charge in [0.1, 0.15) is 6.61 Å². The lowest BCUT2D eigenvalue weighted by molar-refractivity contribution is -0.138. The molecule has 2 nitrogen and oxygen atoms in total. The molecule has 0 aromatic heterocycles. The van der Waals surface area contributed by atoms with E-state index in [4.69, 9.17) is 9.47 Å². The van der Waals surface area contributed by atoms with Crippen molar-refractivity contribution in [3.63, 3.8) is 0 Å². The molecular weight excluding hydrogens is 349 g/mol. The second kappa shape index (κ2) is 6.39. The summed E-state index contributed by atoms with van der Waals surface area (Å²) in [4.78, 5) is 0. The van der Waals surface area contributed by atoms with E-state index < -0.39 is 11.7 Å². The third-order valence-electron chi connectivity index (χ3n) is 2.83. The molecule has 2 aromatic rings. The van der Waals surface area contributed by atoms with Crippen LogP contribution in [0.3, 0.4) is 0 Å². The second-order valence-corrected chi connectivity index (χ2v) is 5.15. The van der Waals surface area contributed by atoms with E-state index in [1.807, 2.05) is 0 Å². The molecule has 0 spiro atoms. The summed E-state index contributed by atoms with van der Waals surface area (Å²) in [6, 6.07) is 10.4. The molecule has 0 bridgehead atoms. The fourth-order valence-corrected chi connectivity index (χ4v) is 2.18. The molecule has 0 heterocycles. The number of alkyl halides is 3. The van der Waals surface area contributed by atoms with E-state index in [0.717, 1.165) is 10.5 Å². The van der Waals surface area contributed by atoms with Crippen molar-refractivity contribution < 1.29 is 22.6 Å². The van der Waals surface area contributed by atoms with E-state index in [1.165, 1.54) is 19.2 Å². The van der Waals surface area contributed by atoms with Gasteiger partial charge < -0.3 is 9.47 Å². The minimum atomic E-state index is -4.40. The molecule has 0 saturated heterocycles. The van der Waals surface area contributed by atoms with Crippen molar-refractivity contribution in [1.82, 2.24) is 0 Å². The minimum absolute atomic E-state index is 0.0787. The van der Waals surface area contributed by atoms with Crippen molar-refractivity contribution in [3.8, 4) is 11.5 Å². The normalized spacial score (nSPS) is 11.3. The van der Waals surface area contributed by atoms with Gasteiger partial charge in [0.25, 0.3) is 0 Å². The Morgan fingerprint density at radius 1 is 1.05 bits per heavy atom. The lowest BCUT2D eigenvalue weighted by Gasteiger charge is -2.15. The van der Waals surface area contributed by atoms with Crippen molar-refractivity contribution in [1.29, 1.82) is 0 Å². The average molecular weight is 361 g/mol. The highest BCUT2D eigenvalue weighted by Crippen LogP contribution is 2.34. The first kappa shape index (κ1) is 15.7. The topological polar surface area (TPSA) is 18.5 Å². The molecular formula is C15H12BrF3O2. The third kappa shape index (κ3) is 3.91. The Bertz CT molecular complexity index is 627. The van der Waals surface area contributed by atoms with Gasteiger partial charge in [0.15, 0.2) is 11.5 Å². The summed E-state index contributed by atoms with van der Waals surface area (Å²) in [7, 11) is 1.47. The van der Waals surface area contributed by atoms with Crippen LogP contribution in [0.4, 0.5) is 13.2 Å². The van der Waals surface area contributed by atoms with Gasteiger partial charge in [-0.2, -0.15) is 13.2 Å². The van der Waals surface area contributed by atoms with Crippen LogP contribution >= 0.6 is 15.9 Å². The second-order valence-electron chi connectivity index (χ2n) is 4.24. The molecule has 112 valence electrons.